The Morgan fingerprint density at radius 3 is 2.52 bits per heavy atom. The van der Waals surface area contributed by atoms with Crippen molar-refractivity contribution < 1.29 is 18.7 Å². The molecule has 0 unspecified atom stereocenters. The number of carbonyl (C=O) groups excluding carboxylic acids is 1. The number of benzene rings is 2. The number of hydrogen-bond donors (Lipinski definition) is 2. The van der Waals surface area contributed by atoms with E-state index < -0.39 is 0 Å². The number of rotatable bonds is 8. The number of aromatic nitrogens is 1. The smallest absolute Gasteiger partial charge is 0.269 e. The lowest BCUT2D eigenvalue weighted by atomic mass is 10.1. The summed E-state index contributed by atoms with van der Waals surface area (Å²) in [6.45, 7) is 0.458. The van der Waals surface area contributed by atoms with Crippen LogP contribution in [0.4, 0.5) is 15.8 Å². The molecule has 6 nitrogen and oxygen atoms in total. The molecule has 7 heteroatoms. The SMILES string of the molecule is COc1ccc(CCNC(=O)c2ccc(Nc3cccc(F)c3)cn2)cc1OC. The Bertz CT molecular complexity index is 977. The zero-order valence-electron chi connectivity index (χ0n) is 16.2. The number of hydrogen-bond acceptors (Lipinski definition) is 5. The van der Waals surface area contributed by atoms with Crippen molar-refractivity contribution in [3.63, 3.8) is 0 Å². The molecule has 0 fully saturated rings. The molecule has 0 saturated carbocycles. The van der Waals surface area contributed by atoms with Gasteiger partial charge in [0.05, 0.1) is 26.1 Å². The van der Waals surface area contributed by atoms with Gasteiger partial charge in [-0.3, -0.25) is 4.79 Å². The first-order chi connectivity index (χ1) is 14.1. The predicted molar refractivity (Wildman–Crippen MR) is 110 cm³/mol. The molecule has 0 saturated heterocycles. The fraction of sp³-hybridized carbons (Fsp3) is 0.182. The zero-order chi connectivity index (χ0) is 20.6. The van der Waals surface area contributed by atoms with Crippen LogP contribution in [0.2, 0.25) is 0 Å². The summed E-state index contributed by atoms with van der Waals surface area (Å²) in [6, 6.07) is 15.1. The molecule has 1 amide bonds. The maximum Gasteiger partial charge on any atom is 0.269 e. The van der Waals surface area contributed by atoms with Crippen molar-refractivity contribution >= 4 is 17.3 Å². The molecule has 3 rings (SSSR count). The molecule has 1 heterocycles. The summed E-state index contributed by atoms with van der Waals surface area (Å²) in [5.74, 6) is 0.729. The van der Waals surface area contributed by atoms with E-state index in [0.717, 1.165) is 5.56 Å². The van der Waals surface area contributed by atoms with Crippen molar-refractivity contribution in [3.8, 4) is 11.5 Å². The van der Waals surface area contributed by atoms with E-state index in [1.165, 1.54) is 18.3 Å². The monoisotopic (exact) mass is 395 g/mol. The molecule has 0 aliphatic rings. The molecule has 0 atom stereocenters. The van der Waals surface area contributed by atoms with Crippen LogP contribution in [0, 0.1) is 5.82 Å². The Morgan fingerprint density at radius 1 is 1.00 bits per heavy atom. The van der Waals surface area contributed by atoms with Crippen LogP contribution < -0.4 is 20.1 Å². The molecule has 150 valence electrons. The minimum Gasteiger partial charge on any atom is -0.493 e. The van der Waals surface area contributed by atoms with E-state index in [1.54, 1.807) is 38.5 Å². The van der Waals surface area contributed by atoms with Gasteiger partial charge in [-0.2, -0.15) is 0 Å². The van der Waals surface area contributed by atoms with E-state index in [9.17, 15) is 9.18 Å². The fourth-order valence-corrected chi connectivity index (χ4v) is 2.78. The van der Waals surface area contributed by atoms with Gasteiger partial charge in [0.1, 0.15) is 11.5 Å². The van der Waals surface area contributed by atoms with Crippen LogP contribution >= 0.6 is 0 Å². The number of anilines is 2. The number of carbonyl (C=O) groups is 1. The summed E-state index contributed by atoms with van der Waals surface area (Å²) in [5, 5.41) is 5.89. The minimum absolute atomic E-state index is 0.261. The Kier molecular flexibility index (Phi) is 6.63. The van der Waals surface area contributed by atoms with Gasteiger partial charge in [0, 0.05) is 12.2 Å². The molecule has 0 radical (unpaired) electrons. The minimum atomic E-state index is -0.326. The second-order valence-corrected chi connectivity index (χ2v) is 6.26. The van der Waals surface area contributed by atoms with Crippen molar-refractivity contribution in [1.29, 1.82) is 0 Å². The Balaban J connectivity index is 1.53. The molecule has 3 aromatic rings. The number of ether oxygens (including phenoxy) is 2. The van der Waals surface area contributed by atoms with Gasteiger partial charge in [0.2, 0.25) is 0 Å². The summed E-state index contributed by atoms with van der Waals surface area (Å²) in [7, 11) is 3.17. The highest BCUT2D eigenvalue weighted by atomic mass is 19.1. The molecule has 2 aromatic carbocycles. The topological polar surface area (TPSA) is 72.5 Å². The maximum absolute atomic E-state index is 13.2. The molecular weight excluding hydrogens is 373 g/mol. The number of nitrogens with zero attached hydrogens (tertiary/aromatic N) is 1. The van der Waals surface area contributed by atoms with Crippen LogP contribution in [-0.2, 0) is 6.42 Å². The van der Waals surface area contributed by atoms with Gasteiger partial charge in [-0.05, 0) is 54.4 Å². The largest absolute Gasteiger partial charge is 0.493 e. The van der Waals surface area contributed by atoms with Crippen molar-refractivity contribution in [1.82, 2.24) is 10.3 Å². The lowest BCUT2D eigenvalue weighted by Gasteiger charge is -2.10. The Hall–Kier alpha value is -3.61. The molecule has 1 aromatic heterocycles. The van der Waals surface area contributed by atoms with Gasteiger partial charge in [-0.25, -0.2) is 9.37 Å². The highest BCUT2D eigenvalue weighted by Gasteiger charge is 2.08. The van der Waals surface area contributed by atoms with E-state index in [2.05, 4.69) is 15.6 Å². The van der Waals surface area contributed by atoms with Gasteiger partial charge in [-0.15, -0.1) is 0 Å². The summed E-state index contributed by atoms with van der Waals surface area (Å²) in [6.07, 6.45) is 2.18. The predicted octanol–water partition coefficient (Wildman–Crippen LogP) is 3.95. The highest BCUT2D eigenvalue weighted by Crippen LogP contribution is 2.27. The van der Waals surface area contributed by atoms with E-state index in [4.69, 9.17) is 9.47 Å². The number of methoxy groups -OCH3 is 2. The van der Waals surface area contributed by atoms with Crippen molar-refractivity contribution in [2.45, 2.75) is 6.42 Å². The number of halogens is 1. The molecule has 0 aliphatic carbocycles. The lowest BCUT2D eigenvalue weighted by molar-refractivity contribution is 0.0949. The molecule has 29 heavy (non-hydrogen) atoms. The quantitative estimate of drug-likeness (QED) is 0.604. The second kappa shape index (κ2) is 9.54. The first-order valence-electron chi connectivity index (χ1n) is 9.07. The molecule has 0 aliphatic heterocycles. The Labute approximate surface area is 168 Å². The number of pyridine rings is 1. The number of nitrogens with one attached hydrogen (secondary N) is 2. The average Bonchev–Trinajstić information content (AvgIpc) is 2.74. The van der Waals surface area contributed by atoms with Gasteiger partial charge >= 0.3 is 0 Å². The van der Waals surface area contributed by atoms with E-state index >= 15 is 0 Å². The van der Waals surface area contributed by atoms with Crippen LogP contribution in [0.25, 0.3) is 0 Å². The zero-order valence-corrected chi connectivity index (χ0v) is 16.2. The molecule has 0 bridgehead atoms. The van der Waals surface area contributed by atoms with Crippen LogP contribution in [-0.4, -0.2) is 31.7 Å². The lowest BCUT2D eigenvalue weighted by Crippen LogP contribution is -2.26. The van der Waals surface area contributed by atoms with Crippen LogP contribution in [0.15, 0.2) is 60.8 Å². The van der Waals surface area contributed by atoms with Crippen LogP contribution in [0.5, 0.6) is 11.5 Å². The third kappa shape index (κ3) is 5.44. The first-order valence-corrected chi connectivity index (χ1v) is 9.07. The fourth-order valence-electron chi connectivity index (χ4n) is 2.78. The standard InChI is InChI=1S/C22H22FN3O3/c1-28-20-9-6-15(12-21(20)29-2)10-11-24-22(27)19-8-7-18(14-25-19)26-17-5-3-4-16(23)13-17/h3-9,12-14,26H,10-11H2,1-2H3,(H,24,27). The first kappa shape index (κ1) is 20.1. The van der Waals surface area contributed by atoms with E-state index in [0.29, 0.717) is 41.5 Å². The van der Waals surface area contributed by atoms with Crippen molar-refractivity contribution in [2.24, 2.45) is 0 Å². The second-order valence-electron chi connectivity index (χ2n) is 6.26. The molecule has 0 spiro atoms. The Morgan fingerprint density at radius 2 is 1.83 bits per heavy atom. The van der Waals surface area contributed by atoms with Crippen LogP contribution in [0.3, 0.4) is 0 Å². The summed E-state index contributed by atoms with van der Waals surface area (Å²) < 4.78 is 23.7. The van der Waals surface area contributed by atoms with Gasteiger partial charge in [0.25, 0.3) is 5.91 Å². The van der Waals surface area contributed by atoms with Crippen molar-refractivity contribution in [3.05, 3.63) is 77.9 Å². The highest BCUT2D eigenvalue weighted by molar-refractivity contribution is 5.92. The van der Waals surface area contributed by atoms with Gasteiger partial charge in [-0.1, -0.05) is 12.1 Å². The van der Waals surface area contributed by atoms with Gasteiger partial charge in [0.15, 0.2) is 11.5 Å². The summed E-state index contributed by atoms with van der Waals surface area (Å²) in [4.78, 5) is 16.5. The molecule has 2 N–H and O–H groups in total. The normalized spacial score (nSPS) is 10.3. The average molecular weight is 395 g/mol. The van der Waals surface area contributed by atoms with E-state index in [-0.39, 0.29) is 11.7 Å². The molecular formula is C22H22FN3O3. The van der Waals surface area contributed by atoms with E-state index in [1.807, 2.05) is 18.2 Å². The summed E-state index contributed by atoms with van der Waals surface area (Å²) >= 11 is 0. The summed E-state index contributed by atoms with van der Waals surface area (Å²) in [5.41, 5.74) is 2.60. The number of amides is 1. The maximum atomic E-state index is 13.2. The third-order valence-electron chi connectivity index (χ3n) is 4.26. The third-order valence-corrected chi connectivity index (χ3v) is 4.26. The van der Waals surface area contributed by atoms with Crippen LogP contribution in [0.1, 0.15) is 16.1 Å². The van der Waals surface area contributed by atoms with Gasteiger partial charge < -0.3 is 20.1 Å². The van der Waals surface area contributed by atoms with Crippen molar-refractivity contribution in [2.75, 3.05) is 26.1 Å².